The van der Waals surface area contributed by atoms with Crippen LogP contribution in [0.15, 0.2) is 66.7 Å². The molecule has 150 valence electrons. The van der Waals surface area contributed by atoms with Crippen LogP contribution in [0.2, 0.25) is 0 Å². The molecule has 1 amide bonds. The lowest BCUT2D eigenvalue weighted by molar-refractivity contribution is -0.156. The standard InChI is InChI=1S/C25H28N2O2/c28-25(26-15-13-20(14-16-26)19-7-3-1-4-8-19)24-23(21-9-5-2-6-10-21)27(17-18-29-24)22-11-12-22/h1-10,13,22-24H,11-12,14-18H2/t23-,24+/m0/s1. The summed E-state index contributed by atoms with van der Waals surface area (Å²) in [7, 11) is 0. The van der Waals surface area contributed by atoms with Gasteiger partial charge in [0.05, 0.1) is 12.6 Å². The lowest BCUT2D eigenvalue weighted by Gasteiger charge is -2.43. The van der Waals surface area contributed by atoms with E-state index in [4.69, 9.17) is 4.74 Å². The van der Waals surface area contributed by atoms with Crippen molar-refractivity contribution in [3.8, 4) is 0 Å². The van der Waals surface area contributed by atoms with Gasteiger partial charge in [0.1, 0.15) is 0 Å². The zero-order chi connectivity index (χ0) is 19.6. The zero-order valence-electron chi connectivity index (χ0n) is 16.7. The number of morpholine rings is 1. The van der Waals surface area contributed by atoms with E-state index in [0.29, 0.717) is 19.2 Å². The van der Waals surface area contributed by atoms with Gasteiger partial charge in [-0.15, -0.1) is 0 Å². The average molecular weight is 389 g/mol. The molecule has 1 saturated heterocycles. The Morgan fingerprint density at radius 1 is 0.931 bits per heavy atom. The fourth-order valence-electron chi connectivity index (χ4n) is 4.69. The monoisotopic (exact) mass is 388 g/mol. The Bertz CT molecular complexity index is 876. The van der Waals surface area contributed by atoms with E-state index in [0.717, 1.165) is 19.5 Å². The predicted octanol–water partition coefficient (Wildman–Crippen LogP) is 3.91. The number of carbonyl (C=O) groups excluding carboxylic acids is 1. The Labute approximate surface area is 172 Å². The molecule has 0 bridgehead atoms. The largest absolute Gasteiger partial charge is 0.365 e. The van der Waals surface area contributed by atoms with Crippen molar-refractivity contribution in [3.63, 3.8) is 0 Å². The number of amides is 1. The topological polar surface area (TPSA) is 32.8 Å². The molecule has 1 saturated carbocycles. The summed E-state index contributed by atoms with van der Waals surface area (Å²) in [5.74, 6) is 0.132. The molecule has 2 atom stereocenters. The summed E-state index contributed by atoms with van der Waals surface area (Å²) in [6, 6.07) is 21.5. The van der Waals surface area contributed by atoms with E-state index in [2.05, 4.69) is 59.5 Å². The Balaban J connectivity index is 1.36. The van der Waals surface area contributed by atoms with Crippen molar-refractivity contribution in [2.45, 2.75) is 37.5 Å². The smallest absolute Gasteiger partial charge is 0.253 e. The lowest BCUT2D eigenvalue weighted by Crippen LogP contribution is -2.54. The molecule has 1 aliphatic carbocycles. The van der Waals surface area contributed by atoms with E-state index in [1.54, 1.807) is 0 Å². The van der Waals surface area contributed by atoms with Crippen molar-refractivity contribution >= 4 is 11.5 Å². The van der Waals surface area contributed by atoms with Crippen LogP contribution < -0.4 is 0 Å². The Morgan fingerprint density at radius 2 is 1.66 bits per heavy atom. The molecule has 2 aromatic rings. The lowest BCUT2D eigenvalue weighted by atomic mass is 9.95. The van der Waals surface area contributed by atoms with Crippen LogP contribution in [0, 0.1) is 0 Å². The van der Waals surface area contributed by atoms with Crippen LogP contribution in [0.3, 0.4) is 0 Å². The summed E-state index contributed by atoms with van der Waals surface area (Å²) in [4.78, 5) is 18.0. The highest BCUT2D eigenvalue weighted by atomic mass is 16.5. The van der Waals surface area contributed by atoms with Gasteiger partial charge in [-0.3, -0.25) is 9.69 Å². The summed E-state index contributed by atoms with van der Waals surface area (Å²) in [5.41, 5.74) is 3.78. The molecule has 2 aliphatic heterocycles. The molecule has 0 spiro atoms. The second-order valence-electron chi connectivity index (χ2n) is 8.25. The third-order valence-corrected chi connectivity index (χ3v) is 6.36. The molecule has 2 aromatic carbocycles. The molecule has 4 heteroatoms. The Hall–Kier alpha value is -2.43. The quantitative estimate of drug-likeness (QED) is 0.796. The SMILES string of the molecule is O=C([C@@H]1OCCN(C2CC2)[C@H]1c1ccccc1)N1CC=C(c2ccccc2)CC1. The van der Waals surface area contributed by atoms with E-state index < -0.39 is 6.10 Å². The highest BCUT2D eigenvalue weighted by molar-refractivity contribution is 5.83. The Kier molecular flexibility index (Phi) is 5.21. The number of ether oxygens (including phenoxy) is 1. The van der Waals surface area contributed by atoms with Crippen LogP contribution in [0.4, 0.5) is 0 Å². The van der Waals surface area contributed by atoms with E-state index in [1.165, 1.54) is 29.5 Å². The van der Waals surface area contributed by atoms with Gasteiger partial charge >= 0.3 is 0 Å². The maximum atomic E-state index is 13.5. The highest BCUT2D eigenvalue weighted by Crippen LogP contribution is 2.39. The third-order valence-electron chi connectivity index (χ3n) is 6.36. The number of benzene rings is 2. The minimum atomic E-state index is -0.418. The zero-order valence-corrected chi connectivity index (χ0v) is 16.7. The molecule has 29 heavy (non-hydrogen) atoms. The van der Waals surface area contributed by atoms with Crippen LogP contribution in [-0.4, -0.2) is 54.1 Å². The predicted molar refractivity (Wildman–Crippen MR) is 114 cm³/mol. The average Bonchev–Trinajstić information content (AvgIpc) is 3.65. The second-order valence-corrected chi connectivity index (χ2v) is 8.25. The first-order chi connectivity index (χ1) is 14.3. The third kappa shape index (κ3) is 3.87. The minimum Gasteiger partial charge on any atom is -0.365 e. The van der Waals surface area contributed by atoms with Gasteiger partial charge in [-0.1, -0.05) is 66.7 Å². The van der Waals surface area contributed by atoms with Gasteiger partial charge in [-0.2, -0.15) is 0 Å². The van der Waals surface area contributed by atoms with Crippen molar-refractivity contribution < 1.29 is 9.53 Å². The molecule has 0 radical (unpaired) electrons. The molecule has 0 aromatic heterocycles. The summed E-state index contributed by atoms with van der Waals surface area (Å²) >= 11 is 0. The molecule has 0 unspecified atom stereocenters. The number of nitrogens with zero attached hydrogens (tertiary/aromatic N) is 2. The maximum Gasteiger partial charge on any atom is 0.253 e. The van der Waals surface area contributed by atoms with Gasteiger partial charge in [-0.05, 0) is 36.0 Å². The molecule has 0 N–H and O–H groups in total. The van der Waals surface area contributed by atoms with Crippen molar-refractivity contribution in [1.82, 2.24) is 9.80 Å². The fraction of sp³-hybridized carbons (Fsp3) is 0.400. The van der Waals surface area contributed by atoms with E-state index in [9.17, 15) is 4.79 Å². The normalized spacial score (nSPS) is 25.5. The first-order valence-corrected chi connectivity index (χ1v) is 10.8. The first kappa shape index (κ1) is 18.6. The second kappa shape index (κ2) is 8.13. The molecule has 2 heterocycles. The van der Waals surface area contributed by atoms with Gasteiger partial charge in [-0.25, -0.2) is 0 Å². The number of hydrogen-bond acceptors (Lipinski definition) is 3. The first-order valence-electron chi connectivity index (χ1n) is 10.8. The van der Waals surface area contributed by atoms with Gasteiger partial charge in [0.25, 0.3) is 5.91 Å². The number of carbonyl (C=O) groups is 1. The molecule has 5 rings (SSSR count). The van der Waals surface area contributed by atoms with Crippen molar-refractivity contribution in [2.24, 2.45) is 0 Å². The highest BCUT2D eigenvalue weighted by Gasteiger charge is 2.45. The van der Waals surface area contributed by atoms with E-state index in [-0.39, 0.29) is 11.9 Å². The van der Waals surface area contributed by atoms with Crippen LogP contribution >= 0.6 is 0 Å². The molecule has 4 nitrogen and oxygen atoms in total. The number of rotatable bonds is 4. The molecular formula is C25H28N2O2. The minimum absolute atomic E-state index is 0.0180. The van der Waals surface area contributed by atoms with Crippen molar-refractivity contribution in [1.29, 1.82) is 0 Å². The van der Waals surface area contributed by atoms with Gasteiger partial charge < -0.3 is 9.64 Å². The molecule has 2 fully saturated rings. The number of hydrogen-bond donors (Lipinski definition) is 0. The van der Waals surface area contributed by atoms with Gasteiger partial charge in [0, 0.05) is 25.7 Å². The van der Waals surface area contributed by atoms with Crippen LogP contribution in [-0.2, 0) is 9.53 Å². The summed E-state index contributed by atoms with van der Waals surface area (Å²) in [5, 5.41) is 0. The maximum absolute atomic E-state index is 13.5. The van der Waals surface area contributed by atoms with Gasteiger partial charge in [0.2, 0.25) is 0 Å². The van der Waals surface area contributed by atoms with Crippen molar-refractivity contribution in [2.75, 3.05) is 26.2 Å². The van der Waals surface area contributed by atoms with E-state index in [1.807, 2.05) is 17.0 Å². The molecular weight excluding hydrogens is 360 g/mol. The van der Waals surface area contributed by atoms with Crippen LogP contribution in [0.1, 0.15) is 36.4 Å². The Morgan fingerprint density at radius 3 is 2.31 bits per heavy atom. The van der Waals surface area contributed by atoms with E-state index >= 15 is 0 Å². The molecule has 3 aliphatic rings. The van der Waals surface area contributed by atoms with Crippen molar-refractivity contribution in [3.05, 3.63) is 77.9 Å². The van der Waals surface area contributed by atoms with Crippen LogP contribution in [0.5, 0.6) is 0 Å². The van der Waals surface area contributed by atoms with Gasteiger partial charge in [0.15, 0.2) is 6.10 Å². The fourth-order valence-corrected chi connectivity index (χ4v) is 4.69. The summed E-state index contributed by atoms with van der Waals surface area (Å²) < 4.78 is 6.13. The van der Waals surface area contributed by atoms with Crippen LogP contribution in [0.25, 0.3) is 5.57 Å². The summed E-state index contributed by atoms with van der Waals surface area (Å²) in [6.07, 6.45) is 5.15. The summed E-state index contributed by atoms with van der Waals surface area (Å²) in [6.45, 7) is 2.96.